The first-order chi connectivity index (χ1) is 14.8. The fraction of sp³-hybridized carbons (Fsp3) is 0.500. The average Bonchev–Trinajstić information content (AvgIpc) is 2.89. The highest BCUT2D eigenvalue weighted by molar-refractivity contribution is 5.95. The van der Waals surface area contributed by atoms with Crippen molar-refractivity contribution in [2.75, 3.05) is 27.2 Å². The number of carbonyl (C=O) groups excluding carboxylic acids is 2. The van der Waals surface area contributed by atoms with Gasteiger partial charge in [0.05, 0.1) is 24.4 Å². The van der Waals surface area contributed by atoms with E-state index in [1.165, 1.54) is 0 Å². The first-order valence-corrected chi connectivity index (χ1v) is 10.2. The lowest BCUT2D eigenvalue weighted by atomic mass is 10.2. The van der Waals surface area contributed by atoms with E-state index in [1.807, 2.05) is 14.1 Å². The van der Waals surface area contributed by atoms with Gasteiger partial charge < -0.3 is 24.7 Å². The summed E-state index contributed by atoms with van der Waals surface area (Å²) in [5.41, 5.74) is 0.513. The zero-order valence-electron chi connectivity index (χ0n) is 18.8. The van der Waals surface area contributed by atoms with Crippen molar-refractivity contribution >= 4 is 12.2 Å². The van der Waals surface area contributed by atoms with Crippen LogP contribution in [0.3, 0.4) is 0 Å². The normalized spacial score (nSPS) is 12.5. The molecule has 0 radical (unpaired) electrons. The van der Waals surface area contributed by atoms with E-state index in [9.17, 15) is 18.4 Å². The topological polar surface area (TPSA) is 85.3 Å². The monoisotopic (exact) mass is 438 g/mol. The Morgan fingerprint density at radius 2 is 1.94 bits per heavy atom. The summed E-state index contributed by atoms with van der Waals surface area (Å²) in [4.78, 5) is 26.9. The molecule has 31 heavy (non-hydrogen) atoms. The van der Waals surface area contributed by atoms with Crippen molar-refractivity contribution in [1.82, 2.24) is 20.2 Å². The molecule has 1 aliphatic rings. The van der Waals surface area contributed by atoms with Gasteiger partial charge in [-0.1, -0.05) is 20.8 Å². The summed E-state index contributed by atoms with van der Waals surface area (Å²) in [6.07, 6.45) is 1.21. The number of rotatable bonds is 4. The van der Waals surface area contributed by atoms with Crippen LogP contribution in [-0.2, 0) is 22.7 Å². The summed E-state index contributed by atoms with van der Waals surface area (Å²) in [6.45, 7) is 7.43. The lowest BCUT2D eigenvalue weighted by Gasteiger charge is -2.09. The Morgan fingerprint density at radius 3 is 2.55 bits per heavy atom. The molecule has 0 atom stereocenters. The van der Waals surface area contributed by atoms with Gasteiger partial charge in [-0.25, -0.2) is 13.8 Å². The summed E-state index contributed by atoms with van der Waals surface area (Å²) in [7, 11) is 3.75. The van der Waals surface area contributed by atoms with E-state index in [2.05, 4.69) is 36.4 Å². The number of imidazole rings is 1. The minimum atomic E-state index is -0.630. The summed E-state index contributed by atoms with van der Waals surface area (Å²) >= 11 is 0. The van der Waals surface area contributed by atoms with Crippen molar-refractivity contribution in [3.63, 3.8) is 0 Å². The molecule has 3 rings (SSSR count). The summed E-state index contributed by atoms with van der Waals surface area (Å²) in [5, 5.41) is 5.15. The highest BCUT2D eigenvalue weighted by Crippen LogP contribution is 2.28. The number of aldehydes is 1. The number of benzene rings is 1. The number of nitrogens with zero attached hydrogens (tertiary/aromatic N) is 2. The second-order valence-electron chi connectivity index (χ2n) is 7.52. The molecule has 0 unspecified atom stereocenters. The molecule has 0 spiro atoms. The van der Waals surface area contributed by atoms with Gasteiger partial charge in [0, 0.05) is 13.2 Å². The number of aromatic nitrogens is 2. The molecule has 0 aliphatic carbocycles. The first-order valence-electron chi connectivity index (χ1n) is 10.2. The van der Waals surface area contributed by atoms with Crippen LogP contribution in [0.5, 0.6) is 0 Å². The van der Waals surface area contributed by atoms with Gasteiger partial charge in [-0.3, -0.25) is 4.79 Å². The largest absolute Gasteiger partial charge is 0.375 e. The highest BCUT2D eigenvalue weighted by Gasteiger charge is 2.26. The summed E-state index contributed by atoms with van der Waals surface area (Å²) in [5.74, 6) is -0.780. The maximum absolute atomic E-state index is 14.1. The second kappa shape index (κ2) is 13.6. The Kier molecular flexibility index (Phi) is 11.6. The minimum Gasteiger partial charge on any atom is -0.375 e. The Labute approximate surface area is 182 Å². The quantitative estimate of drug-likeness (QED) is 0.717. The third-order valence-electron chi connectivity index (χ3n) is 3.71. The van der Waals surface area contributed by atoms with Crippen molar-refractivity contribution in [1.29, 1.82) is 0 Å². The standard InChI is InChI=1S/C16H15F2N3O3.C4H10.C2H7N/c17-10-2-3-12(18)11(8-10)15-20-14(16(23)19-4-6-22)13-9-24-7-1-5-21(13)15;1-4(2)3;1-3-2/h2-3,6,8H,1,4-5,7,9H2,(H,19,23);4H,1-3H3;3H,1-2H3. The van der Waals surface area contributed by atoms with Crippen LogP contribution in [-0.4, -0.2) is 49.0 Å². The van der Waals surface area contributed by atoms with E-state index in [0.29, 0.717) is 31.6 Å². The van der Waals surface area contributed by atoms with Gasteiger partial charge in [0.2, 0.25) is 0 Å². The lowest BCUT2D eigenvalue weighted by Crippen LogP contribution is -2.26. The van der Waals surface area contributed by atoms with E-state index in [1.54, 1.807) is 4.57 Å². The Morgan fingerprint density at radius 1 is 1.29 bits per heavy atom. The maximum Gasteiger partial charge on any atom is 0.272 e. The van der Waals surface area contributed by atoms with E-state index < -0.39 is 17.5 Å². The fourth-order valence-corrected chi connectivity index (χ4v) is 2.64. The van der Waals surface area contributed by atoms with Gasteiger partial charge in [-0.15, -0.1) is 0 Å². The number of nitrogens with one attached hydrogen (secondary N) is 2. The predicted octanol–water partition coefficient (Wildman–Crippen LogP) is 3.18. The highest BCUT2D eigenvalue weighted by atomic mass is 19.1. The molecule has 1 aromatic carbocycles. The molecule has 7 nitrogen and oxygen atoms in total. The first kappa shape index (κ1) is 26.4. The Hall–Kier alpha value is -2.65. The van der Waals surface area contributed by atoms with Crippen LogP contribution in [0, 0.1) is 17.6 Å². The molecule has 2 N–H and O–H groups in total. The van der Waals surface area contributed by atoms with Gasteiger partial charge in [0.15, 0.2) is 5.69 Å². The van der Waals surface area contributed by atoms with Crippen molar-refractivity contribution < 1.29 is 23.1 Å². The minimum absolute atomic E-state index is 0.0208. The molecule has 0 bridgehead atoms. The lowest BCUT2D eigenvalue weighted by molar-refractivity contribution is -0.107. The molecule has 1 aromatic heterocycles. The Bertz CT molecular complexity index is 851. The fourth-order valence-electron chi connectivity index (χ4n) is 2.64. The van der Waals surface area contributed by atoms with Crippen LogP contribution in [0.15, 0.2) is 18.2 Å². The molecular weight excluding hydrogens is 406 g/mol. The predicted molar refractivity (Wildman–Crippen MR) is 116 cm³/mol. The molecule has 0 saturated carbocycles. The van der Waals surface area contributed by atoms with Crippen molar-refractivity contribution in [3.8, 4) is 11.4 Å². The third-order valence-corrected chi connectivity index (χ3v) is 3.71. The molecule has 1 amide bonds. The summed E-state index contributed by atoms with van der Waals surface area (Å²) in [6, 6.07) is 3.08. The Balaban J connectivity index is 0.000000604. The third kappa shape index (κ3) is 8.18. The second-order valence-corrected chi connectivity index (χ2v) is 7.52. The smallest absolute Gasteiger partial charge is 0.272 e. The number of fused-ring (bicyclic) bond motifs is 1. The van der Waals surface area contributed by atoms with Crippen LogP contribution in [0.4, 0.5) is 8.78 Å². The zero-order chi connectivity index (χ0) is 23.4. The van der Waals surface area contributed by atoms with Crippen molar-refractivity contribution in [3.05, 3.63) is 41.2 Å². The van der Waals surface area contributed by atoms with E-state index >= 15 is 0 Å². The van der Waals surface area contributed by atoms with Crippen LogP contribution in [0.1, 0.15) is 43.4 Å². The average molecular weight is 439 g/mol. The molecule has 0 saturated heterocycles. The van der Waals surface area contributed by atoms with Crippen molar-refractivity contribution in [2.45, 2.75) is 40.3 Å². The number of amides is 1. The maximum atomic E-state index is 14.1. The van der Waals surface area contributed by atoms with Crippen LogP contribution < -0.4 is 10.6 Å². The van der Waals surface area contributed by atoms with Gasteiger partial charge in [-0.2, -0.15) is 0 Å². The van der Waals surface area contributed by atoms with E-state index in [0.717, 1.165) is 24.1 Å². The molecule has 172 valence electrons. The molecule has 1 aliphatic heterocycles. The van der Waals surface area contributed by atoms with E-state index in [4.69, 9.17) is 4.74 Å². The SMILES string of the molecule is CC(C)C.CNC.O=CCNC(=O)c1nc(-c2cc(F)ccc2F)n2c1COCCC2. The number of halogens is 2. The molecule has 9 heteroatoms. The summed E-state index contributed by atoms with van der Waals surface area (Å²) < 4.78 is 34.8. The van der Waals surface area contributed by atoms with Crippen LogP contribution in [0.2, 0.25) is 0 Å². The number of hydrogen-bond donors (Lipinski definition) is 2. The van der Waals surface area contributed by atoms with E-state index in [-0.39, 0.29) is 30.2 Å². The number of hydrogen-bond acceptors (Lipinski definition) is 5. The van der Waals surface area contributed by atoms with Gasteiger partial charge in [-0.05, 0) is 44.6 Å². The number of ether oxygens (including phenoxy) is 1. The zero-order valence-corrected chi connectivity index (χ0v) is 18.8. The van der Waals surface area contributed by atoms with Crippen molar-refractivity contribution in [2.24, 2.45) is 5.92 Å². The number of carbonyl (C=O) groups is 2. The molecule has 2 aromatic rings. The molecule has 2 heterocycles. The van der Waals surface area contributed by atoms with Gasteiger partial charge >= 0.3 is 0 Å². The molecular formula is C22H32F2N4O3. The van der Waals surface area contributed by atoms with Gasteiger partial charge in [0.1, 0.15) is 23.7 Å². The van der Waals surface area contributed by atoms with Crippen LogP contribution in [0.25, 0.3) is 11.4 Å². The van der Waals surface area contributed by atoms with Crippen LogP contribution >= 0.6 is 0 Å². The molecule has 0 fully saturated rings. The van der Waals surface area contributed by atoms with Gasteiger partial charge in [0.25, 0.3) is 5.91 Å².